The van der Waals surface area contributed by atoms with Gasteiger partial charge in [0.1, 0.15) is 5.60 Å². The van der Waals surface area contributed by atoms with Crippen LogP contribution < -0.4 is 0 Å². The van der Waals surface area contributed by atoms with E-state index < -0.39 is 0 Å². The van der Waals surface area contributed by atoms with E-state index in [-0.39, 0.29) is 5.60 Å². The molecule has 12 heavy (non-hydrogen) atoms. The van der Waals surface area contributed by atoms with Crippen molar-refractivity contribution < 1.29 is 4.74 Å². The van der Waals surface area contributed by atoms with E-state index in [9.17, 15) is 0 Å². The molecule has 0 radical (unpaired) electrons. The van der Waals surface area contributed by atoms with Crippen LogP contribution in [0.1, 0.15) is 13.8 Å². The van der Waals surface area contributed by atoms with Gasteiger partial charge in [-0.3, -0.25) is 0 Å². The SMILES string of the molecule is C=C(C)CN(C#N)C[C@@]1(C)CO1. The van der Waals surface area contributed by atoms with Gasteiger partial charge in [0.05, 0.1) is 13.2 Å². The van der Waals surface area contributed by atoms with Gasteiger partial charge in [0.15, 0.2) is 6.19 Å². The molecular weight excluding hydrogens is 152 g/mol. The van der Waals surface area contributed by atoms with Crippen LogP contribution in [-0.2, 0) is 4.74 Å². The largest absolute Gasteiger partial charge is 0.368 e. The Morgan fingerprint density at radius 2 is 2.42 bits per heavy atom. The zero-order valence-corrected chi connectivity index (χ0v) is 7.63. The number of hydrogen-bond donors (Lipinski definition) is 0. The third-order valence-electron chi connectivity index (χ3n) is 1.76. The van der Waals surface area contributed by atoms with E-state index in [1.807, 2.05) is 13.8 Å². The summed E-state index contributed by atoms with van der Waals surface area (Å²) in [6, 6.07) is 0. The first-order valence-electron chi connectivity index (χ1n) is 3.99. The van der Waals surface area contributed by atoms with E-state index in [0.29, 0.717) is 13.1 Å². The van der Waals surface area contributed by atoms with Crippen molar-refractivity contribution in [2.45, 2.75) is 19.4 Å². The fourth-order valence-corrected chi connectivity index (χ4v) is 1.07. The van der Waals surface area contributed by atoms with Crippen molar-refractivity contribution in [2.24, 2.45) is 0 Å². The predicted octanol–water partition coefficient (Wildman–Crippen LogP) is 1.13. The van der Waals surface area contributed by atoms with Gasteiger partial charge in [-0.1, -0.05) is 12.2 Å². The Morgan fingerprint density at radius 3 is 2.75 bits per heavy atom. The molecule has 1 aliphatic heterocycles. The number of ether oxygens (including phenoxy) is 1. The normalized spacial score (nSPS) is 26.1. The maximum Gasteiger partial charge on any atom is 0.179 e. The van der Waals surface area contributed by atoms with Crippen molar-refractivity contribution in [2.75, 3.05) is 19.7 Å². The van der Waals surface area contributed by atoms with Crippen LogP contribution in [0.5, 0.6) is 0 Å². The fraction of sp³-hybridized carbons (Fsp3) is 0.667. The Labute approximate surface area is 73.2 Å². The summed E-state index contributed by atoms with van der Waals surface area (Å²) in [5, 5.41) is 8.75. The summed E-state index contributed by atoms with van der Waals surface area (Å²) < 4.78 is 5.19. The molecule has 1 rings (SSSR count). The van der Waals surface area contributed by atoms with Gasteiger partial charge in [-0.05, 0) is 13.8 Å². The third-order valence-corrected chi connectivity index (χ3v) is 1.76. The molecule has 0 spiro atoms. The second-order valence-corrected chi connectivity index (χ2v) is 3.65. The van der Waals surface area contributed by atoms with Crippen LogP contribution in [-0.4, -0.2) is 30.2 Å². The summed E-state index contributed by atoms with van der Waals surface area (Å²) in [7, 11) is 0. The van der Waals surface area contributed by atoms with Crippen LogP contribution in [0.3, 0.4) is 0 Å². The molecule has 0 aromatic heterocycles. The Bertz CT molecular complexity index is 225. The molecule has 3 nitrogen and oxygen atoms in total. The summed E-state index contributed by atoms with van der Waals surface area (Å²) in [5.74, 6) is 0. The van der Waals surface area contributed by atoms with Crippen molar-refractivity contribution in [1.82, 2.24) is 4.90 Å². The van der Waals surface area contributed by atoms with E-state index in [1.54, 1.807) is 4.90 Å². The highest BCUT2D eigenvalue weighted by molar-refractivity contribution is 5.00. The predicted molar refractivity (Wildman–Crippen MR) is 46.4 cm³/mol. The standard InChI is InChI=1S/C9H14N2O/c1-8(2)4-11(7-10)5-9(3)6-12-9/h1,4-6H2,2-3H3/t9-/m0/s1. The average molecular weight is 166 g/mol. The molecule has 0 N–H and O–H groups in total. The molecule has 1 heterocycles. The average Bonchev–Trinajstić information content (AvgIpc) is 2.66. The molecule has 0 aliphatic carbocycles. The molecule has 1 atom stereocenters. The molecule has 0 saturated carbocycles. The summed E-state index contributed by atoms with van der Waals surface area (Å²) in [6.07, 6.45) is 2.12. The van der Waals surface area contributed by atoms with Crippen LogP contribution in [0.25, 0.3) is 0 Å². The molecule has 0 amide bonds. The first kappa shape index (κ1) is 9.08. The van der Waals surface area contributed by atoms with Crippen LogP contribution in [0.15, 0.2) is 12.2 Å². The molecule has 0 bridgehead atoms. The first-order chi connectivity index (χ1) is 5.56. The van der Waals surface area contributed by atoms with Gasteiger partial charge in [-0.15, -0.1) is 0 Å². The van der Waals surface area contributed by atoms with Gasteiger partial charge >= 0.3 is 0 Å². The minimum atomic E-state index is -0.0782. The van der Waals surface area contributed by atoms with E-state index >= 15 is 0 Å². The third kappa shape index (κ3) is 2.55. The minimum absolute atomic E-state index is 0.0782. The number of nitriles is 1. The van der Waals surface area contributed by atoms with Crippen LogP contribution >= 0.6 is 0 Å². The molecule has 0 aromatic carbocycles. The van der Waals surface area contributed by atoms with E-state index in [2.05, 4.69) is 12.8 Å². The summed E-state index contributed by atoms with van der Waals surface area (Å²) in [4.78, 5) is 1.68. The number of epoxide rings is 1. The highest BCUT2D eigenvalue weighted by Gasteiger charge is 2.40. The monoisotopic (exact) mass is 166 g/mol. The van der Waals surface area contributed by atoms with Gasteiger partial charge in [-0.25, -0.2) is 0 Å². The molecule has 1 aliphatic rings. The quantitative estimate of drug-likeness (QED) is 0.272. The topological polar surface area (TPSA) is 39.6 Å². The highest BCUT2D eigenvalue weighted by atomic mass is 16.6. The molecule has 1 fully saturated rings. The minimum Gasteiger partial charge on any atom is -0.368 e. The Balaban J connectivity index is 2.36. The lowest BCUT2D eigenvalue weighted by Gasteiger charge is -2.17. The number of hydrogen-bond acceptors (Lipinski definition) is 3. The van der Waals surface area contributed by atoms with Gasteiger partial charge in [0, 0.05) is 6.54 Å². The van der Waals surface area contributed by atoms with E-state index in [0.717, 1.165) is 12.2 Å². The highest BCUT2D eigenvalue weighted by Crippen LogP contribution is 2.26. The molecule has 1 saturated heterocycles. The second-order valence-electron chi connectivity index (χ2n) is 3.65. The molecule has 0 aromatic rings. The zero-order valence-electron chi connectivity index (χ0n) is 7.63. The fourth-order valence-electron chi connectivity index (χ4n) is 1.07. The first-order valence-corrected chi connectivity index (χ1v) is 3.99. The lowest BCUT2D eigenvalue weighted by atomic mass is 10.2. The lowest BCUT2D eigenvalue weighted by Crippen LogP contribution is -2.30. The van der Waals surface area contributed by atoms with Crippen molar-refractivity contribution in [1.29, 1.82) is 5.26 Å². The van der Waals surface area contributed by atoms with Crippen molar-refractivity contribution in [3.8, 4) is 6.19 Å². The Morgan fingerprint density at radius 1 is 1.83 bits per heavy atom. The molecule has 0 unspecified atom stereocenters. The van der Waals surface area contributed by atoms with Gasteiger partial charge < -0.3 is 9.64 Å². The van der Waals surface area contributed by atoms with Crippen molar-refractivity contribution in [3.05, 3.63) is 12.2 Å². The van der Waals surface area contributed by atoms with Gasteiger partial charge in [0.25, 0.3) is 0 Å². The summed E-state index contributed by atoms with van der Waals surface area (Å²) in [6.45, 7) is 9.76. The molecular formula is C9H14N2O. The number of rotatable bonds is 4. The Hall–Kier alpha value is -1.01. The Kier molecular flexibility index (Phi) is 2.39. The van der Waals surface area contributed by atoms with Gasteiger partial charge in [0.2, 0.25) is 0 Å². The van der Waals surface area contributed by atoms with Gasteiger partial charge in [-0.2, -0.15) is 5.26 Å². The lowest BCUT2D eigenvalue weighted by molar-refractivity contribution is 0.258. The van der Waals surface area contributed by atoms with Crippen LogP contribution in [0, 0.1) is 11.5 Å². The van der Waals surface area contributed by atoms with E-state index in [1.165, 1.54) is 0 Å². The molecule has 66 valence electrons. The van der Waals surface area contributed by atoms with Crippen LogP contribution in [0.4, 0.5) is 0 Å². The maximum absolute atomic E-state index is 8.75. The smallest absolute Gasteiger partial charge is 0.179 e. The van der Waals surface area contributed by atoms with Crippen LogP contribution in [0.2, 0.25) is 0 Å². The zero-order chi connectivity index (χ0) is 9.19. The summed E-state index contributed by atoms with van der Waals surface area (Å²) >= 11 is 0. The van der Waals surface area contributed by atoms with Crippen molar-refractivity contribution >= 4 is 0 Å². The number of nitrogens with zero attached hydrogens (tertiary/aromatic N) is 2. The summed E-state index contributed by atoms with van der Waals surface area (Å²) in [5.41, 5.74) is 0.923. The van der Waals surface area contributed by atoms with E-state index in [4.69, 9.17) is 10.00 Å². The van der Waals surface area contributed by atoms with Crippen molar-refractivity contribution in [3.63, 3.8) is 0 Å². The second kappa shape index (κ2) is 3.16. The maximum atomic E-state index is 8.75. The molecule has 3 heteroatoms.